The van der Waals surface area contributed by atoms with E-state index in [9.17, 15) is 24.2 Å². The van der Waals surface area contributed by atoms with Crippen LogP contribution in [0.5, 0.6) is 0 Å². The van der Waals surface area contributed by atoms with E-state index in [4.69, 9.17) is 18.5 Å². The summed E-state index contributed by atoms with van der Waals surface area (Å²) in [5.74, 6) is -1.15. The zero-order chi connectivity index (χ0) is 43.7. The molecule has 0 fully saturated rings. The molecule has 0 amide bonds. The van der Waals surface area contributed by atoms with Crippen LogP contribution < -0.4 is 0 Å². The molecule has 332 valence electrons. The van der Waals surface area contributed by atoms with Gasteiger partial charge in [-0.2, -0.15) is 0 Å². The quantitative estimate of drug-likeness (QED) is 0.0158. The maximum Gasteiger partial charge on any atom is 0.472 e. The number of rotatable bonds is 36. The Morgan fingerprint density at radius 3 is 1.61 bits per heavy atom. The number of phosphoric ester groups is 1. The molecule has 0 aliphatic rings. The molecular formula is C48H77NO9P+. The lowest BCUT2D eigenvalue weighted by atomic mass is 10.2. The second-order valence-electron chi connectivity index (χ2n) is 14.8. The number of ether oxygens (including phenoxy) is 2. The molecule has 11 heteroatoms. The minimum Gasteiger partial charge on any atom is -0.462 e. The third-order valence-corrected chi connectivity index (χ3v) is 9.09. The van der Waals surface area contributed by atoms with Crippen LogP contribution in [0.2, 0.25) is 0 Å². The highest BCUT2D eigenvalue weighted by atomic mass is 31.2. The van der Waals surface area contributed by atoms with Crippen molar-refractivity contribution in [2.75, 3.05) is 47.5 Å². The highest BCUT2D eigenvalue weighted by Crippen LogP contribution is 2.43. The van der Waals surface area contributed by atoms with Crippen molar-refractivity contribution in [3.63, 3.8) is 0 Å². The Bertz CT molecular complexity index is 1430. The van der Waals surface area contributed by atoms with Crippen LogP contribution in [0.3, 0.4) is 0 Å². The Morgan fingerprint density at radius 1 is 0.610 bits per heavy atom. The van der Waals surface area contributed by atoms with E-state index in [1.807, 2.05) is 33.3 Å². The number of phosphoric acid groups is 1. The normalized spacial score (nSPS) is 15.3. The third-order valence-electron chi connectivity index (χ3n) is 8.10. The van der Waals surface area contributed by atoms with Gasteiger partial charge >= 0.3 is 19.8 Å². The molecule has 3 atom stereocenters. The summed E-state index contributed by atoms with van der Waals surface area (Å²) in [5.41, 5.74) is 0. The van der Waals surface area contributed by atoms with Crippen LogP contribution in [0.15, 0.2) is 122 Å². The van der Waals surface area contributed by atoms with Gasteiger partial charge in [0.1, 0.15) is 19.8 Å². The van der Waals surface area contributed by atoms with E-state index in [1.165, 1.54) is 0 Å². The van der Waals surface area contributed by atoms with Gasteiger partial charge in [-0.3, -0.25) is 18.6 Å². The number of aliphatic hydroxyl groups excluding tert-OH is 1. The number of likely N-dealkylation sites (N-methyl/N-ethyl adjacent to an activating group) is 1. The number of unbranched alkanes of at least 4 members (excludes halogenated alkanes) is 2. The summed E-state index contributed by atoms with van der Waals surface area (Å²) in [5, 5.41) is 10.3. The van der Waals surface area contributed by atoms with Gasteiger partial charge in [0.15, 0.2) is 6.10 Å². The molecule has 0 aliphatic carbocycles. The van der Waals surface area contributed by atoms with Gasteiger partial charge in [0.2, 0.25) is 0 Å². The fraction of sp³-hybridized carbons (Fsp3) is 0.542. The molecule has 0 heterocycles. The fourth-order valence-corrected chi connectivity index (χ4v) is 5.50. The first-order valence-corrected chi connectivity index (χ1v) is 22.9. The van der Waals surface area contributed by atoms with Crippen LogP contribution in [0.1, 0.15) is 110 Å². The molecular weight excluding hydrogens is 765 g/mol. The van der Waals surface area contributed by atoms with Crippen LogP contribution in [-0.2, 0) is 32.7 Å². The molecule has 0 aromatic rings. The van der Waals surface area contributed by atoms with Gasteiger partial charge in [0.25, 0.3) is 0 Å². The average Bonchev–Trinajstić information content (AvgIpc) is 3.18. The number of allylic oxidation sites excluding steroid dienone is 19. The summed E-state index contributed by atoms with van der Waals surface area (Å²) in [6.07, 6.45) is 50.2. The summed E-state index contributed by atoms with van der Waals surface area (Å²) in [7, 11) is 1.30. The van der Waals surface area contributed by atoms with Crippen LogP contribution in [-0.4, -0.2) is 86.1 Å². The fourth-order valence-electron chi connectivity index (χ4n) is 4.76. The summed E-state index contributed by atoms with van der Waals surface area (Å²) < 4.78 is 34.0. The van der Waals surface area contributed by atoms with Gasteiger partial charge in [0.05, 0.1) is 33.9 Å². The number of hydrogen-bond donors (Lipinski definition) is 2. The van der Waals surface area contributed by atoms with Crippen molar-refractivity contribution in [1.29, 1.82) is 0 Å². The van der Waals surface area contributed by atoms with Gasteiger partial charge in [0, 0.05) is 12.8 Å². The second-order valence-corrected chi connectivity index (χ2v) is 16.3. The first-order valence-electron chi connectivity index (χ1n) is 21.4. The smallest absolute Gasteiger partial charge is 0.462 e. The molecule has 2 unspecified atom stereocenters. The number of carbonyl (C=O) groups is 2. The number of carbonyl (C=O) groups excluding carboxylic acids is 2. The molecule has 0 rings (SSSR count). The van der Waals surface area contributed by atoms with E-state index in [2.05, 4.69) is 111 Å². The first-order chi connectivity index (χ1) is 28.4. The van der Waals surface area contributed by atoms with Crippen molar-refractivity contribution < 1.29 is 47.2 Å². The molecule has 0 radical (unpaired) electrons. The molecule has 0 saturated heterocycles. The van der Waals surface area contributed by atoms with Crippen LogP contribution >= 0.6 is 7.82 Å². The summed E-state index contributed by atoms with van der Waals surface area (Å²) >= 11 is 0. The van der Waals surface area contributed by atoms with Gasteiger partial charge < -0.3 is 24.0 Å². The van der Waals surface area contributed by atoms with E-state index in [1.54, 1.807) is 12.2 Å². The highest BCUT2D eigenvalue weighted by Gasteiger charge is 2.27. The molecule has 0 aliphatic heterocycles. The Kier molecular flexibility index (Phi) is 36.2. The predicted molar refractivity (Wildman–Crippen MR) is 243 cm³/mol. The van der Waals surface area contributed by atoms with E-state index in [0.29, 0.717) is 17.4 Å². The Morgan fingerprint density at radius 2 is 1.10 bits per heavy atom. The lowest BCUT2D eigenvalue weighted by molar-refractivity contribution is -0.870. The van der Waals surface area contributed by atoms with Crippen LogP contribution in [0.4, 0.5) is 0 Å². The Balaban J connectivity index is 4.70. The molecule has 0 bridgehead atoms. The summed E-state index contributed by atoms with van der Waals surface area (Å²) in [6, 6.07) is 0. The average molecular weight is 843 g/mol. The number of aliphatic hydroxyl groups is 1. The van der Waals surface area contributed by atoms with E-state index in [-0.39, 0.29) is 32.5 Å². The number of esters is 2. The third kappa shape index (κ3) is 42.3. The number of quaternary nitrogens is 1. The molecule has 0 spiro atoms. The van der Waals surface area contributed by atoms with Crippen LogP contribution in [0, 0.1) is 0 Å². The van der Waals surface area contributed by atoms with Crippen LogP contribution in [0.25, 0.3) is 0 Å². The minimum absolute atomic E-state index is 0.0200. The zero-order valence-electron chi connectivity index (χ0n) is 36.8. The molecule has 0 aromatic carbocycles. The number of hydrogen-bond acceptors (Lipinski definition) is 8. The topological polar surface area (TPSA) is 129 Å². The SMILES string of the molecule is CC/C=C\C/C=C\C/C=C\C/C=C\C/C=C\C=C/C(O)CCC(=O)OC[C@H](COP(=O)(O)OCC[N+](C)(C)C)OC(=O)CCCC/C=C\C/C=C\C/C=C\C/C=C\CC. The van der Waals surface area contributed by atoms with Gasteiger partial charge in [-0.05, 0) is 83.5 Å². The second kappa shape index (κ2) is 38.6. The van der Waals surface area contributed by atoms with Crippen molar-refractivity contribution >= 4 is 19.8 Å². The first kappa shape index (κ1) is 55.4. The van der Waals surface area contributed by atoms with E-state index < -0.39 is 38.6 Å². The van der Waals surface area contributed by atoms with E-state index in [0.717, 1.165) is 70.6 Å². The monoisotopic (exact) mass is 843 g/mol. The molecule has 0 saturated carbocycles. The lowest BCUT2D eigenvalue weighted by Gasteiger charge is -2.24. The zero-order valence-corrected chi connectivity index (χ0v) is 37.7. The van der Waals surface area contributed by atoms with Crippen molar-refractivity contribution in [1.82, 2.24) is 0 Å². The van der Waals surface area contributed by atoms with Gasteiger partial charge in [-0.1, -0.05) is 135 Å². The molecule has 10 nitrogen and oxygen atoms in total. The summed E-state index contributed by atoms with van der Waals surface area (Å²) in [4.78, 5) is 35.3. The Hall–Kier alpha value is -3.63. The lowest BCUT2D eigenvalue weighted by Crippen LogP contribution is -2.37. The summed E-state index contributed by atoms with van der Waals surface area (Å²) in [6.45, 7) is 3.82. The largest absolute Gasteiger partial charge is 0.472 e. The minimum atomic E-state index is -4.45. The van der Waals surface area contributed by atoms with E-state index >= 15 is 0 Å². The number of nitrogens with zero attached hydrogens (tertiary/aromatic N) is 1. The molecule has 2 N–H and O–H groups in total. The van der Waals surface area contributed by atoms with Gasteiger partial charge in [-0.25, -0.2) is 4.57 Å². The predicted octanol–water partition coefficient (Wildman–Crippen LogP) is 11.1. The van der Waals surface area contributed by atoms with Crippen molar-refractivity contribution in [3.05, 3.63) is 122 Å². The maximum absolute atomic E-state index is 12.7. The Labute approximate surface area is 357 Å². The standard InChI is InChI=1S/C48H76NO9P/c1-6-8-10-12-14-16-18-20-22-24-25-27-29-31-33-35-37-45(50)39-40-47(51)55-43-46(44-57-59(53,54)56-42-41-49(3,4)5)58-48(52)38-36-34-32-30-28-26-23-21-19-17-15-13-11-9-7-2/h8-11,14-17,20-23,25,27-28,30-31,33,35,37,45-46,50H,6-7,12-13,18-19,24,26,29,32,34,36,38-44H2,1-5H3/p+1/b10-8-,11-9-,16-14-,17-15-,22-20-,23-21-,27-25-,30-28-,33-31-,37-35-/t45?,46-/m1/s1. The van der Waals surface area contributed by atoms with Crippen molar-refractivity contribution in [3.8, 4) is 0 Å². The van der Waals surface area contributed by atoms with Crippen molar-refractivity contribution in [2.24, 2.45) is 0 Å². The molecule has 0 aromatic heterocycles. The molecule has 59 heavy (non-hydrogen) atoms. The van der Waals surface area contributed by atoms with Gasteiger partial charge in [-0.15, -0.1) is 0 Å². The highest BCUT2D eigenvalue weighted by molar-refractivity contribution is 7.47. The van der Waals surface area contributed by atoms with Crippen molar-refractivity contribution in [2.45, 2.75) is 122 Å². The maximum atomic E-state index is 12.7.